The van der Waals surface area contributed by atoms with Crippen LogP contribution in [-0.4, -0.2) is 25.7 Å². The molecule has 0 aliphatic heterocycles. The number of carbonyl (C=O) groups excluding carboxylic acids is 1. The molecule has 0 spiro atoms. The molecule has 0 radical (unpaired) electrons. The second kappa shape index (κ2) is 4.73. The maximum absolute atomic E-state index is 10.9. The first-order valence-electron chi connectivity index (χ1n) is 4.05. The third-order valence-electron chi connectivity index (χ3n) is 1.63. The fourth-order valence-electron chi connectivity index (χ4n) is 0.955. The molecule has 1 aromatic rings. The number of nitrogens with two attached hydrogens (primary N) is 1. The van der Waals surface area contributed by atoms with E-state index in [1.807, 2.05) is 0 Å². The Labute approximate surface area is 91.6 Å². The van der Waals surface area contributed by atoms with Gasteiger partial charge in [0.2, 0.25) is 10.0 Å². The molecule has 0 heterocycles. The van der Waals surface area contributed by atoms with E-state index in [0.717, 1.165) is 0 Å². The van der Waals surface area contributed by atoms with Crippen molar-refractivity contribution in [3.8, 4) is 0 Å². The Bertz CT molecular complexity index is 507. The van der Waals surface area contributed by atoms with E-state index in [1.54, 1.807) is 0 Å². The zero-order chi connectivity index (χ0) is 12.2. The lowest BCUT2D eigenvalue weighted by Crippen LogP contribution is -2.14. The number of amides is 1. The Kier molecular flexibility index (Phi) is 3.59. The predicted molar refractivity (Wildman–Crippen MR) is 56.7 cm³/mol. The molecule has 16 heavy (non-hydrogen) atoms. The first-order chi connectivity index (χ1) is 7.43. The van der Waals surface area contributed by atoms with Crippen LogP contribution >= 0.6 is 0 Å². The number of rotatable bonds is 3. The minimum Gasteiger partial charge on any atom is -0.411 e. The molecular weight excluding hydrogens is 234 g/mol. The van der Waals surface area contributed by atoms with Crippen molar-refractivity contribution in [2.45, 2.75) is 4.90 Å². The van der Waals surface area contributed by atoms with Crippen molar-refractivity contribution in [2.24, 2.45) is 10.3 Å². The molecule has 0 unspecified atom stereocenters. The van der Waals surface area contributed by atoms with Crippen LogP contribution in [0, 0.1) is 0 Å². The molecule has 0 saturated heterocycles. The van der Waals surface area contributed by atoms with Crippen LogP contribution in [0.3, 0.4) is 0 Å². The summed E-state index contributed by atoms with van der Waals surface area (Å²) in [5.74, 6) is -0.633. The largest absolute Gasteiger partial charge is 0.411 e. The molecule has 8 heteroatoms. The fourth-order valence-corrected chi connectivity index (χ4v) is 1.47. The minimum absolute atomic E-state index is 0.0543. The molecular formula is C8H9N3O4S. The van der Waals surface area contributed by atoms with Crippen LogP contribution in [0.2, 0.25) is 0 Å². The molecule has 0 aliphatic rings. The van der Waals surface area contributed by atoms with Crippen molar-refractivity contribution in [1.82, 2.24) is 0 Å². The molecule has 4 N–H and O–H groups in total. The van der Waals surface area contributed by atoms with Gasteiger partial charge >= 0.3 is 0 Å². The molecule has 0 aromatic heterocycles. The molecule has 0 aliphatic carbocycles. The van der Waals surface area contributed by atoms with E-state index < -0.39 is 15.9 Å². The van der Waals surface area contributed by atoms with Crippen LogP contribution in [0.15, 0.2) is 34.3 Å². The molecule has 1 amide bonds. The van der Waals surface area contributed by atoms with E-state index in [9.17, 15) is 13.2 Å². The SMILES string of the molecule is NS(=O)(=O)c1ccc(NC(=O)/C=N/O)cc1. The summed E-state index contributed by atoms with van der Waals surface area (Å²) in [5, 5.41) is 17.8. The van der Waals surface area contributed by atoms with E-state index in [-0.39, 0.29) is 4.90 Å². The first kappa shape index (κ1) is 12.1. The van der Waals surface area contributed by atoms with Crippen molar-refractivity contribution in [3.05, 3.63) is 24.3 Å². The molecule has 1 aromatic carbocycles. The molecule has 0 fully saturated rings. The van der Waals surface area contributed by atoms with E-state index >= 15 is 0 Å². The summed E-state index contributed by atoms with van der Waals surface area (Å²) in [4.78, 5) is 10.9. The average Bonchev–Trinajstić information content (AvgIpc) is 2.17. The molecule has 86 valence electrons. The number of primary sulfonamides is 1. The molecule has 1 rings (SSSR count). The maximum Gasteiger partial charge on any atom is 0.270 e. The van der Waals surface area contributed by atoms with Crippen LogP contribution in [-0.2, 0) is 14.8 Å². The topological polar surface area (TPSA) is 122 Å². The van der Waals surface area contributed by atoms with Gasteiger partial charge in [0.25, 0.3) is 5.91 Å². The highest BCUT2D eigenvalue weighted by atomic mass is 32.2. The van der Waals surface area contributed by atoms with Gasteiger partial charge in [-0.3, -0.25) is 4.79 Å². The number of carbonyl (C=O) groups is 1. The highest BCUT2D eigenvalue weighted by Gasteiger charge is 2.07. The van der Waals surface area contributed by atoms with E-state index in [1.165, 1.54) is 24.3 Å². The quantitative estimate of drug-likeness (QED) is 0.384. The summed E-state index contributed by atoms with van der Waals surface area (Å²) in [5.41, 5.74) is 0.359. The Balaban J connectivity index is 2.84. The summed E-state index contributed by atoms with van der Waals surface area (Å²) in [6.45, 7) is 0. The van der Waals surface area contributed by atoms with Gasteiger partial charge in [0, 0.05) is 5.69 Å². The van der Waals surface area contributed by atoms with Crippen LogP contribution in [0.1, 0.15) is 0 Å². The van der Waals surface area contributed by atoms with Crippen LogP contribution in [0.4, 0.5) is 5.69 Å². The van der Waals surface area contributed by atoms with Gasteiger partial charge in [0.15, 0.2) is 0 Å². The highest BCUT2D eigenvalue weighted by molar-refractivity contribution is 7.89. The molecule has 0 bridgehead atoms. The molecule has 0 saturated carbocycles. The van der Waals surface area contributed by atoms with Crippen molar-refractivity contribution in [1.29, 1.82) is 0 Å². The van der Waals surface area contributed by atoms with E-state index in [0.29, 0.717) is 11.9 Å². The Morgan fingerprint density at radius 1 is 1.38 bits per heavy atom. The standard InChI is InChI=1S/C8H9N3O4S/c9-16(14,15)7-3-1-6(2-4-7)11-8(12)5-10-13/h1-5,13H,(H,11,12)(H2,9,14,15)/b10-5+. The van der Waals surface area contributed by atoms with Crippen molar-refractivity contribution >= 4 is 27.8 Å². The summed E-state index contributed by atoms with van der Waals surface area (Å²) < 4.78 is 21.8. The predicted octanol–water partition coefficient (Wildman–Crippen LogP) is -0.268. The zero-order valence-corrected chi connectivity index (χ0v) is 8.81. The van der Waals surface area contributed by atoms with Gasteiger partial charge in [0.05, 0.1) is 4.90 Å². The zero-order valence-electron chi connectivity index (χ0n) is 7.99. The minimum atomic E-state index is -3.74. The number of nitrogens with one attached hydrogen (secondary N) is 1. The van der Waals surface area contributed by atoms with Gasteiger partial charge in [0.1, 0.15) is 6.21 Å². The van der Waals surface area contributed by atoms with Crippen LogP contribution in [0.25, 0.3) is 0 Å². The lowest BCUT2D eigenvalue weighted by Gasteiger charge is -2.02. The van der Waals surface area contributed by atoms with Crippen molar-refractivity contribution in [2.75, 3.05) is 5.32 Å². The van der Waals surface area contributed by atoms with Crippen molar-refractivity contribution in [3.63, 3.8) is 0 Å². The summed E-state index contributed by atoms with van der Waals surface area (Å²) in [6, 6.07) is 5.23. The van der Waals surface area contributed by atoms with E-state index in [4.69, 9.17) is 10.3 Å². The third kappa shape index (κ3) is 3.33. The number of nitrogens with zero attached hydrogens (tertiary/aromatic N) is 1. The van der Waals surface area contributed by atoms with Crippen LogP contribution in [0.5, 0.6) is 0 Å². The van der Waals surface area contributed by atoms with Gasteiger partial charge in [-0.05, 0) is 24.3 Å². The maximum atomic E-state index is 10.9. The lowest BCUT2D eigenvalue weighted by molar-refractivity contribution is -0.110. The highest BCUT2D eigenvalue weighted by Crippen LogP contribution is 2.12. The van der Waals surface area contributed by atoms with Gasteiger partial charge in [-0.15, -0.1) is 0 Å². The number of anilines is 1. The van der Waals surface area contributed by atoms with Gasteiger partial charge in [-0.2, -0.15) is 0 Å². The Hall–Kier alpha value is -1.93. The number of sulfonamides is 1. The molecule has 7 nitrogen and oxygen atoms in total. The second-order valence-corrected chi connectivity index (χ2v) is 4.36. The van der Waals surface area contributed by atoms with Crippen LogP contribution < -0.4 is 10.5 Å². The first-order valence-corrected chi connectivity index (χ1v) is 5.59. The smallest absolute Gasteiger partial charge is 0.270 e. The summed E-state index contributed by atoms with van der Waals surface area (Å²) in [7, 11) is -3.74. The third-order valence-corrected chi connectivity index (χ3v) is 2.55. The summed E-state index contributed by atoms with van der Waals surface area (Å²) in [6.07, 6.45) is 0.674. The van der Waals surface area contributed by atoms with Crippen molar-refractivity contribution < 1.29 is 18.4 Å². The molecule has 0 atom stereocenters. The average molecular weight is 243 g/mol. The summed E-state index contributed by atoms with van der Waals surface area (Å²) >= 11 is 0. The van der Waals surface area contributed by atoms with Gasteiger partial charge < -0.3 is 10.5 Å². The Morgan fingerprint density at radius 2 is 1.94 bits per heavy atom. The number of oxime groups is 1. The van der Waals surface area contributed by atoms with E-state index in [2.05, 4.69) is 10.5 Å². The second-order valence-electron chi connectivity index (χ2n) is 2.80. The number of benzene rings is 1. The number of hydrogen-bond acceptors (Lipinski definition) is 5. The number of hydrogen-bond donors (Lipinski definition) is 3. The Morgan fingerprint density at radius 3 is 2.38 bits per heavy atom. The monoisotopic (exact) mass is 243 g/mol. The van der Waals surface area contributed by atoms with Gasteiger partial charge in [-0.25, -0.2) is 13.6 Å². The fraction of sp³-hybridized carbons (Fsp3) is 0. The lowest BCUT2D eigenvalue weighted by atomic mass is 10.3. The normalized spacial score (nSPS) is 11.6. The van der Waals surface area contributed by atoms with Gasteiger partial charge in [-0.1, -0.05) is 5.16 Å².